The highest BCUT2D eigenvalue weighted by molar-refractivity contribution is 6.34. The van der Waals surface area contributed by atoms with E-state index in [2.05, 4.69) is 9.97 Å². The van der Waals surface area contributed by atoms with Gasteiger partial charge in [0.05, 0.1) is 0 Å². The van der Waals surface area contributed by atoms with Gasteiger partial charge in [-0.2, -0.15) is 5.26 Å². The van der Waals surface area contributed by atoms with Gasteiger partial charge in [-0.25, -0.2) is 9.97 Å². The van der Waals surface area contributed by atoms with Crippen molar-refractivity contribution in [2.45, 2.75) is 18.9 Å². The van der Waals surface area contributed by atoms with Crippen molar-refractivity contribution in [1.82, 2.24) is 19.8 Å². The minimum atomic E-state index is -0.243. The molecule has 1 aliphatic heterocycles. The smallest absolute Gasteiger partial charge is 0.264 e. The van der Waals surface area contributed by atoms with Crippen LogP contribution in [0.1, 0.15) is 12.8 Å². The number of piperidine rings is 1. The zero-order valence-electron chi connectivity index (χ0n) is 14.3. The molecule has 0 radical (unpaired) electrons. The van der Waals surface area contributed by atoms with Crippen LogP contribution >= 0.6 is 11.6 Å². The Balaban J connectivity index is 1.93. The maximum Gasteiger partial charge on any atom is 0.264 e. The van der Waals surface area contributed by atoms with E-state index in [0.717, 1.165) is 0 Å². The summed E-state index contributed by atoms with van der Waals surface area (Å²) in [5.41, 5.74) is 5.80. The Bertz CT molecular complexity index is 692. The molecule has 8 nitrogen and oxygen atoms in total. The van der Waals surface area contributed by atoms with Gasteiger partial charge in [-0.3, -0.25) is 4.79 Å². The van der Waals surface area contributed by atoms with Gasteiger partial charge in [0.2, 0.25) is 5.88 Å². The summed E-state index contributed by atoms with van der Waals surface area (Å²) in [5, 5.41) is 9.39. The third-order valence-corrected chi connectivity index (χ3v) is 4.16. The normalized spacial score (nSPS) is 16.0. The van der Waals surface area contributed by atoms with Crippen molar-refractivity contribution >= 4 is 23.3 Å². The van der Waals surface area contributed by atoms with Crippen LogP contribution < -0.4 is 10.5 Å². The zero-order chi connectivity index (χ0) is 18.4. The van der Waals surface area contributed by atoms with Gasteiger partial charge in [0.25, 0.3) is 5.91 Å². The molecule has 9 heteroatoms. The van der Waals surface area contributed by atoms with Crippen LogP contribution in [-0.4, -0.2) is 65.5 Å². The molecule has 2 rings (SSSR count). The molecule has 1 aromatic heterocycles. The Morgan fingerprint density at radius 1 is 1.52 bits per heavy atom. The predicted octanol–water partition coefficient (Wildman–Crippen LogP) is 1.09. The molecular weight excluding hydrogens is 344 g/mol. The molecule has 0 aliphatic carbocycles. The highest BCUT2D eigenvalue weighted by atomic mass is 35.5. The van der Waals surface area contributed by atoms with Crippen molar-refractivity contribution in [3.05, 3.63) is 23.0 Å². The fraction of sp³-hybridized carbons (Fsp3) is 0.500. The van der Waals surface area contributed by atoms with Gasteiger partial charge in [0, 0.05) is 32.5 Å². The van der Waals surface area contributed by atoms with E-state index >= 15 is 0 Å². The lowest BCUT2D eigenvalue weighted by atomic mass is 10.1. The summed E-state index contributed by atoms with van der Waals surface area (Å²) in [6, 6.07) is 1.98. The first-order valence-corrected chi connectivity index (χ1v) is 8.27. The van der Waals surface area contributed by atoms with Gasteiger partial charge in [0.1, 0.15) is 34.9 Å². The van der Waals surface area contributed by atoms with E-state index in [1.165, 1.54) is 6.33 Å². The topological polar surface area (TPSA) is 108 Å². The minimum absolute atomic E-state index is 0.118. The number of carbonyl (C=O) groups is 1. The summed E-state index contributed by atoms with van der Waals surface area (Å²) in [6.45, 7) is 1.55. The third-order valence-electron chi connectivity index (χ3n) is 3.80. The number of aromatic nitrogens is 2. The summed E-state index contributed by atoms with van der Waals surface area (Å²) in [5.74, 6) is 0.179. The van der Waals surface area contributed by atoms with Crippen molar-refractivity contribution in [2.24, 2.45) is 0 Å². The average molecular weight is 365 g/mol. The van der Waals surface area contributed by atoms with Gasteiger partial charge in [-0.1, -0.05) is 11.6 Å². The van der Waals surface area contributed by atoms with Crippen molar-refractivity contribution in [1.29, 1.82) is 5.26 Å². The number of nitrogen functional groups attached to an aromatic ring is 1. The highest BCUT2D eigenvalue weighted by Gasteiger charge is 2.26. The van der Waals surface area contributed by atoms with Crippen molar-refractivity contribution in [3.8, 4) is 11.9 Å². The van der Waals surface area contributed by atoms with E-state index in [4.69, 9.17) is 22.1 Å². The van der Waals surface area contributed by atoms with Gasteiger partial charge >= 0.3 is 0 Å². The maximum atomic E-state index is 12.4. The number of ether oxygens (including phenoxy) is 1. The van der Waals surface area contributed by atoms with Gasteiger partial charge in [-0.05, 0) is 20.2 Å². The van der Waals surface area contributed by atoms with Crippen LogP contribution in [0.2, 0.25) is 5.02 Å². The van der Waals surface area contributed by atoms with Crippen molar-refractivity contribution in [3.63, 3.8) is 0 Å². The van der Waals surface area contributed by atoms with Crippen LogP contribution in [0.3, 0.4) is 0 Å². The second-order valence-electron chi connectivity index (χ2n) is 5.98. The largest absolute Gasteiger partial charge is 0.473 e. The number of hydrogen-bond donors (Lipinski definition) is 1. The molecule has 1 saturated heterocycles. The van der Waals surface area contributed by atoms with E-state index in [0.29, 0.717) is 32.5 Å². The molecule has 134 valence electrons. The van der Waals surface area contributed by atoms with Crippen LogP contribution in [0.4, 0.5) is 5.82 Å². The van der Waals surface area contributed by atoms with E-state index in [1.807, 2.05) is 25.1 Å². The predicted molar refractivity (Wildman–Crippen MR) is 93.9 cm³/mol. The van der Waals surface area contributed by atoms with E-state index in [1.54, 1.807) is 11.0 Å². The molecule has 25 heavy (non-hydrogen) atoms. The molecule has 0 saturated carbocycles. The average Bonchev–Trinajstić information content (AvgIpc) is 2.59. The first-order chi connectivity index (χ1) is 11.9. The fourth-order valence-corrected chi connectivity index (χ4v) is 2.55. The molecule has 0 aromatic carbocycles. The first kappa shape index (κ1) is 19.0. The fourth-order valence-electron chi connectivity index (χ4n) is 2.41. The van der Waals surface area contributed by atoms with E-state index < -0.39 is 0 Å². The lowest BCUT2D eigenvalue weighted by Gasteiger charge is -2.32. The molecule has 1 amide bonds. The maximum absolute atomic E-state index is 12.4. The molecular formula is C16H21ClN6O2. The molecule has 1 aliphatic rings. The number of halogens is 1. The highest BCUT2D eigenvalue weighted by Crippen LogP contribution is 2.28. The molecule has 0 unspecified atom stereocenters. The summed E-state index contributed by atoms with van der Waals surface area (Å²) >= 11 is 6.03. The Kier molecular flexibility index (Phi) is 6.56. The number of carbonyl (C=O) groups excluding carboxylic acids is 1. The number of likely N-dealkylation sites (N-methyl/N-ethyl adjacent to an activating group) is 1. The number of hydrogen-bond acceptors (Lipinski definition) is 7. The number of nitriles is 1. The molecule has 0 atom stereocenters. The standard InChI is InChI=1S/C16H21ClN6O2/c1-22(2)6-3-11(9-18)16(24)23-7-4-12(5-8-23)25-15-13(17)14(19)20-10-21-15/h3,10,12H,4-8H2,1-2H3,(H2,19,20,21). The van der Waals surface area contributed by atoms with E-state index in [9.17, 15) is 10.1 Å². The van der Waals surface area contributed by atoms with Crippen LogP contribution in [0.5, 0.6) is 5.88 Å². The minimum Gasteiger partial charge on any atom is -0.473 e. The lowest BCUT2D eigenvalue weighted by Crippen LogP contribution is -2.42. The van der Waals surface area contributed by atoms with Gasteiger partial charge in [-0.15, -0.1) is 0 Å². The zero-order valence-corrected chi connectivity index (χ0v) is 15.0. The number of likely N-dealkylation sites (tertiary alicyclic amines) is 1. The Morgan fingerprint density at radius 3 is 2.80 bits per heavy atom. The van der Waals surface area contributed by atoms with E-state index in [-0.39, 0.29) is 34.3 Å². The molecule has 1 fully saturated rings. The third kappa shape index (κ3) is 5.05. The van der Waals surface area contributed by atoms with Crippen LogP contribution in [0.15, 0.2) is 18.0 Å². The quantitative estimate of drug-likeness (QED) is 0.615. The molecule has 2 N–H and O–H groups in total. The molecule has 0 spiro atoms. The number of anilines is 1. The molecule has 1 aromatic rings. The Labute approximate surface area is 151 Å². The summed E-state index contributed by atoms with van der Waals surface area (Å²) in [6.07, 6.45) is 4.07. The van der Waals surface area contributed by atoms with Gasteiger partial charge in [0.15, 0.2) is 0 Å². The monoisotopic (exact) mass is 364 g/mol. The molecule has 2 heterocycles. The lowest BCUT2D eigenvalue weighted by molar-refractivity contribution is -0.128. The summed E-state index contributed by atoms with van der Waals surface area (Å²) in [7, 11) is 3.76. The number of nitrogens with two attached hydrogens (primary N) is 1. The second kappa shape index (κ2) is 8.65. The summed E-state index contributed by atoms with van der Waals surface area (Å²) in [4.78, 5) is 23.8. The van der Waals surface area contributed by atoms with Crippen molar-refractivity contribution in [2.75, 3.05) is 39.5 Å². The number of rotatable bonds is 5. The SMILES string of the molecule is CN(C)CC=C(C#N)C(=O)N1CCC(Oc2ncnc(N)c2Cl)CC1. The Hall–Kier alpha value is -2.37. The summed E-state index contributed by atoms with van der Waals surface area (Å²) < 4.78 is 5.77. The Morgan fingerprint density at radius 2 is 2.20 bits per heavy atom. The molecule has 0 bridgehead atoms. The number of nitrogens with zero attached hydrogens (tertiary/aromatic N) is 5. The van der Waals surface area contributed by atoms with Crippen LogP contribution in [0.25, 0.3) is 0 Å². The number of amides is 1. The van der Waals surface area contributed by atoms with Gasteiger partial charge < -0.3 is 20.3 Å². The van der Waals surface area contributed by atoms with Crippen molar-refractivity contribution < 1.29 is 9.53 Å². The first-order valence-electron chi connectivity index (χ1n) is 7.89. The second-order valence-corrected chi connectivity index (χ2v) is 6.36. The van der Waals surface area contributed by atoms with Crippen LogP contribution in [-0.2, 0) is 4.79 Å². The van der Waals surface area contributed by atoms with Crippen LogP contribution in [0, 0.1) is 11.3 Å².